The zero-order chi connectivity index (χ0) is 14.6. The van der Waals surface area contributed by atoms with Crippen LogP contribution in [0.25, 0.3) is 10.2 Å². The lowest BCUT2D eigenvalue weighted by Crippen LogP contribution is -2.23. The third-order valence-electron chi connectivity index (χ3n) is 3.83. The molecule has 3 aromatic rings. The molecule has 0 fully saturated rings. The molecule has 0 radical (unpaired) electrons. The largest absolute Gasteiger partial charge is 0.323 e. The number of rotatable bonds is 2. The lowest BCUT2D eigenvalue weighted by molar-refractivity contribution is 0.720. The molecule has 3 aromatic heterocycles. The molecule has 108 valence electrons. The van der Waals surface area contributed by atoms with Crippen LogP contribution in [0, 0.1) is 11.7 Å². The van der Waals surface area contributed by atoms with E-state index in [2.05, 4.69) is 9.97 Å². The highest BCUT2D eigenvalue weighted by Crippen LogP contribution is 2.34. The van der Waals surface area contributed by atoms with E-state index in [1.165, 1.54) is 10.4 Å². The molecule has 0 saturated carbocycles. The minimum Gasteiger partial charge on any atom is -0.323 e. The second-order valence-electron chi connectivity index (χ2n) is 5.24. The molecule has 7 heteroatoms. The maximum Gasteiger partial charge on any atom is 0.263 e. The zero-order valence-corrected chi connectivity index (χ0v) is 13.9. The van der Waals surface area contributed by atoms with Gasteiger partial charge in [0.15, 0.2) is 4.77 Å². The van der Waals surface area contributed by atoms with Gasteiger partial charge < -0.3 is 4.98 Å². The van der Waals surface area contributed by atoms with Crippen LogP contribution in [0.5, 0.6) is 0 Å². The Bertz CT molecular complexity index is 960. The predicted octanol–water partition coefficient (Wildman–Crippen LogP) is 3.42. The van der Waals surface area contributed by atoms with Crippen LogP contribution in [0.1, 0.15) is 27.6 Å². The third kappa shape index (κ3) is 2.11. The van der Waals surface area contributed by atoms with Gasteiger partial charge in [-0.25, -0.2) is 4.98 Å². The molecule has 0 atom stereocenters. The highest BCUT2D eigenvalue weighted by Gasteiger charge is 2.21. The van der Waals surface area contributed by atoms with Crippen LogP contribution in [0.3, 0.4) is 0 Å². The van der Waals surface area contributed by atoms with Gasteiger partial charge in [-0.2, -0.15) is 0 Å². The average molecular weight is 335 g/mol. The van der Waals surface area contributed by atoms with Gasteiger partial charge in [0.1, 0.15) is 4.83 Å². The van der Waals surface area contributed by atoms with E-state index in [0.29, 0.717) is 11.3 Å². The highest BCUT2D eigenvalue weighted by atomic mass is 32.1. The van der Waals surface area contributed by atoms with Crippen LogP contribution < -0.4 is 5.56 Å². The lowest BCUT2D eigenvalue weighted by Gasteiger charge is -2.05. The maximum atomic E-state index is 12.8. The molecule has 0 aliphatic heterocycles. The van der Waals surface area contributed by atoms with Crippen LogP contribution in [-0.2, 0) is 19.4 Å². The van der Waals surface area contributed by atoms with E-state index in [9.17, 15) is 4.79 Å². The lowest BCUT2D eigenvalue weighted by atomic mass is 10.2. The highest BCUT2D eigenvalue weighted by molar-refractivity contribution is 7.71. The summed E-state index contributed by atoms with van der Waals surface area (Å²) in [5.74, 6) is 0. The van der Waals surface area contributed by atoms with E-state index < -0.39 is 0 Å². The molecule has 3 heterocycles. The van der Waals surface area contributed by atoms with Crippen LogP contribution in [0.2, 0.25) is 0 Å². The smallest absolute Gasteiger partial charge is 0.263 e. The average Bonchev–Trinajstić information content (AvgIpc) is 3.10. The summed E-state index contributed by atoms with van der Waals surface area (Å²) in [6.07, 6.45) is 3.24. The first kappa shape index (κ1) is 13.4. The van der Waals surface area contributed by atoms with Crippen LogP contribution in [0.15, 0.2) is 10.2 Å². The number of hydrogen-bond acceptors (Lipinski definition) is 5. The fourth-order valence-corrected chi connectivity index (χ4v) is 5.10. The van der Waals surface area contributed by atoms with Crippen molar-refractivity contribution in [1.29, 1.82) is 0 Å². The van der Waals surface area contributed by atoms with Gasteiger partial charge in [-0.1, -0.05) is 0 Å². The topological polar surface area (TPSA) is 50.7 Å². The van der Waals surface area contributed by atoms with Gasteiger partial charge in [0, 0.05) is 10.3 Å². The first-order valence-corrected chi connectivity index (χ1v) is 8.92. The molecule has 4 nitrogen and oxygen atoms in total. The van der Waals surface area contributed by atoms with Crippen molar-refractivity contribution in [3.05, 3.63) is 41.6 Å². The second kappa shape index (κ2) is 4.86. The number of H-pyrrole nitrogens is 1. The first-order valence-electron chi connectivity index (χ1n) is 6.82. The molecule has 21 heavy (non-hydrogen) atoms. The zero-order valence-electron chi connectivity index (χ0n) is 11.4. The molecule has 1 aliphatic carbocycles. The number of thiophene rings is 1. The van der Waals surface area contributed by atoms with Crippen molar-refractivity contribution >= 4 is 45.1 Å². The third-order valence-corrected chi connectivity index (χ3v) is 6.18. The normalized spacial score (nSPS) is 14.0. The van der Waals surface area contributed by atoms with Crippen molar-refractivity contribution in [2.75, 3.05) is 0 Å². The number of aromatic nitrogens is 3. The second-order valence-corrected chi connectivity index (χ2v) is 7.79. The number of nitrogens with one attached hydrogen (secondary N) is 1. The Kier molecular flexibility index (Phi) is 3.09. The summed E-state index contributed by atoms with van der Waals surface area (Å²) < 4.78 is 2.12. The Balaban J connectivity index is 1.93. The summed E-state index contributed by atoms with van der Waals surface area (Å²) in [5.41, 5.74) is 2.15. The Morgan fingerprint density at radius 3 is 3.10 bits per heavy atom. The van der Waals surface area contributed by atoms with Gasteiger partial charge in [0.05, 0.1) is 22.6 Å². The summed E-state index contributed by atoms with van der Waals surface area (Å²) >= 11 is 8.65. The van der Waals surface area contributed by atoms with Gasteiger partial charge in [-0.05, 0) is 44.0 Å². The Hall–Kier alpha value is -1.31. The summed E-state index contributed by atoms with van der Waals surface area (Å²) in [4.78, 5) is 22.8. The number of thiazole rings is 1. The molecule has 0 unspecified atom stereocenters. The standard InChI is InChI=1S/C14H13N3OS3/c1-7-15-8(6-20-7)5-17-13(18)11-9-3-2-4-10(9)21-12(11)16-14(17)19/h6H,2-5H2,1H3,(H,16,19). The van der Waals surface area contributed by atoms with Gasteiger partial charge in [0.25, 0.3) is 5.56 Å². The molecule has 1 aliphatic rings. The van der Waals surface area contributed by atoms with Crippen molar-refractivity contribution in [2.45, 2.75) is 32.7 Å². The quantitative estimate of drug-likeness (QED) is 0.730. The predicted molar refractivity (Wildman–Crippen MR) is 89.2 cm³/mol. The van der Waals surface area contributed by atoms with Crippen LogP contribution in [0.4, 0.5) is 0 Å². The summed E-state index contributed by atoms with van der Waals surface area (Å²) in [6, 6.07) is 0. The summed E-state index contributed by atoms with van der Waals surface area (Å²) in [5, 5.41) is 3.83. The van der Waals surface area contributed by atoms with Crippen LogP contribution in [-0.4, -0.2) is 14.5 Å². The van der Waals surface area contributed by atoms with Gasteiger partial charge in [-0.15, -0.1) is 22.7 Å². The maximum absolute atomic E-state index is 12.8. The Labute approximate surface area is 134 Å². The van der Waals surface area contributed by atoms with E-state index in [1.54, 1.807) is 27.2 Å². The summed E-state index contributed by atoms with van der Waals surface area (Å²) in [7, 11) is 0. The van der Waals surface area contributed by atoms with Gasteiger partial charge in [-0.3, -0.25) is 9.36 Å². The Morgan fingerprint density at radius 2 is 2.33 bits per heavy atom. The molecular formula is C14H13N3OS3. The number of aromatic amines is 1. The van der Waals surface area contributed by atoms with E-state index in [0.717, 1.165) is 40.2 Å². The number of hydrogen-bond donors (Lipinski definition) is 1. The SMILES string of the molecule is Cc1nc(Cn2c(=S)[nH]c3sc4c(c3c2=O)CCC4)cs1. The molecule has 0 aromatic carbocycles. The van der Waals surface area contributed by atoms with Crippen molar-refractivity contribution in [2.24, 2.45) is 0 Å². The van der Waals surface area contributed by atoms with Crippen LogP contribution >= 0.6 is 34.9 Å². The van der Waals surface area contributed by atoms with Crippen molar-refractivity contribution < 1.29 is 0 Å². The van der Waals surface area contributed by atoms with Gasteiger partial charge in [0.2, 0.25) is 0 Å². The monoisotopic (exact) mass is 335 g/mol. The minimum atomic E-state index is 0.0267. The van der Waals surface area contributed by atoms with E-state index in [4.69, 9.17) is 12.2 Å². The molecule has 0 spiro atoms. The fourth-order valence-electron chi connectivity index (χ4n) is 2.90. The molecule has 1 N–H and O–H groups in total. The van der Waals surface area contributed by atoms with E-state index in [-0.39, 0.29) is 5.56 Å². The van der Waals surface area contributed by atoms with Crippen molar-refractivity contribution in [1.82, 2.24) is 14.5 Å². The van der Waals surface area contributed by atoms with E-state index >= 15 is 0 Å². The Morgan fingerprint density at radius 1 is 1.48 bits per heavy atom. The first-order chi connectivity index (χ1) is 10.1. The van der Waals surface area contributed by atoms with Gasteiger partial charge >= 0.3 is 0 Å². The molecule has 0 saturated heterocycles. The fraction of sp³-hybridized carbons (Fsp3) is 0.357. The van der Waals surface area contributed by atoms with Crippen molar-refractivity contribution in [3.63, 3.8) is 0 Å². The van der Waals surface area contributed by atoms with E-state index in [1.807, 2.05) is 12.3 Å². The summed E-state index contributed by atoms with van der Waals surface area (Å²) in [6.45, 7) is 2.41. The minimum absolute atomic E-state index is 0.0267. The molecule has 0 amide bonds. The van der Waals surface area contributed by atoms with Crippen molar-refractivity contribution in [3.8, 4) is 0 Å². The number of aryl methyl sites for hydroxylation is 3. The molecule has 4 rings (SSSR count). The number of fused-ring (bicyclic) bond motifs is 3. The number of nitrogens with zero attached hydrogens (tertiary/aromatic N) is 2. The molecular weight excluding hydrogens is 322 g/mol. The molecule has 0 bridgehead atoms.